The number of nitrogens with zero attached hydrogens (tertiary/aromatic N) is 1. The maximum atomic E-state index is 12.3. The van der Waals surface area contributed by atoms with Gasteiger partial charge in [-0.05, 0) is 50.9 Å². The molecule has 1 saturated carbocycles. The van der Waals surface area contributed by atoms with Crippen molar-refractivity contribution in [3.63, 3.8) is 0 Å². The summed E-state index contributed by atoms with van der Waals surface area (Å²) in [6, 6.07) is 8.86. The van der Waals surface area contributed by atoms with Crippen molar-refractivity contribution in [1.82, 2.24) is 10.2 Å². The molecule has 1 unspecified atom stereocenters. The maximum Gasteiger partial charge on any atom is 0.322 e. The van der Waals surface area contributed by atoms with Gasteiger partial charge in [-0.1, -0.05) is 19.1 Å². The average Bonchev–Trinajstić information content (AvgIpc) is 3.29. The molecule has 4 nitrogen and oxygen atoms in total. The largest absolute Gasteiger partial charge is 0.322 e. The van der Waals surface area contributed by atoms with Crippen molar-refractivity contribution in [2.45, 2.75) is 45.2 Å². The Morgan fingerprint density at radius 1 is 1.35 bits per heavy atom. The number of benzene rings is 1. The van der Waals surface area contributed by atoms with Gasteiger partial charge in [-0.15, -0.1) is 0 Å². The first-order valence-corrected chi connectivity index (χ1v) is 7.50. The van der Waals surface area contributed by atoms with Crippen LogP contribution in [-0.2, 0) is 0 Å². The van der Waals surface area contributed by atoms with Gasteiger partial charge in [-0.3, -0.25) is 0 Å². The van der Waals surface area contributed by atoms with E-state index in [0.29, 0.717) is 12.1 Å². The summed E-state index contributed by atoms with van der Waals surface area (Å²) < 4.78 is 0. The highest BCUT2D eigenvalue weighted by Crippen LogP contribution is 2.27. The van der Waals surface area contributed by atoms with Crippen molar-refractivity contribution in [3.8, 4) is 0 Å². The first-order valence-electron chi connectivity index (χ1n) is 7.50. The molecule has 20 heavy (non-hydrogen) atoms. The van der Waals surface area contributed by atoms with Gasteiger partial charge < -0.3 is 15.5 Å². The third-order valence-corrected chi connectivity index (χ3v) is 3.81. The van der Waals surface area contributed by atoms with Crippen LogP contribution in [0.15, 0.2) is 24.3 Å². The number of amides is 2. The van der Waals surface area contributed by atoms with Gasteiger partial charge in [0.25, 0.3) is 0 Å². The van der Waals surface area contributed by atoms with Gasteiger partial charge >= 0.3 is 6.03 Å². The van der Waals surface area contributed by atoms with E-state index in [0.717, 1.165) is 31.5 Å². The van der Waals surface area contributed by atoms with Gasteiger partial charge in [0.05, 0.1) is 0 Å². The molecule has 2 rings (SSSR count). The maximum absolute atomic E-state index is 12.3. The normalized spacial score (nSPS) is 15.8. The lowest BCUT2D eigenvalue weighted by atomic mass is 10.1. The van der Waals surface area contributed by atoms with E-state index in [-0.39, 0.29) is 6.03 Å². The van der Waals surface area contributed by atoms with E-state index in [2.05, 4.69) is 36.6 Å². The molecule has 0 aliphatic heterocycles. The van der Waals surface area contributed by atoms with Crippen LogP contribution in [0.1, 0.15) is 44.7 Å². The van der Waals surface area contributed by atoms with Crippen LogP contribution in [0, 0.1) is 0 Å². The molecule has 1 aliphatic rings. The molecular formula is C16H25N3O. The quantitative estimate of drug-likeness (QED) is 0.836. The van der Waals surface area contributed by atoms with Gasteiger partial charge in [-0.25, -0.2) is 4.79 Å². The van der Waals surface area contributed by atoms with Gasteiger partial charge in [0.2, 0.25) is 0 Å². The van der Waals surface area contributed by atoms with E-state index < -0.39 is 0 Å². The summed E-state index contributed by atoms with van der Waals surface area (Å²) in [7, 11) is 1.94. The van der Waals surface area contributed by atoms with Crippen LogP contribution in [0.5, 0.6) is 0 Å². The fourth-order valence-corrected chi connectivity index (χ4v) is 2.29. The second kappa shape index (κ2) is 6.75. The molecule has 0 bridgehead atoms. The fourth-order valence-electron chi connectivity index (χ4n) is 2.29. The smallest absolute Gasteiger partial charge is 0.322 e. The zero-order chi connectivity index (χ0) is 14.5. The molecule has 0 heterocycles. The molecule has 0 saturated heterocycles. The molecule has 0 radical (unpaired) electrons. The minimum Gasteiger partial charge on any atom is -0.322 e. The van der Waals surface area contributed by atoms with Gasteiger partial charge in [0, 0.05) is 24.3 Å². The lowest BCUT2D eigenvalue weighted by Crippen LogP contribution is -2.37. The monoisotopic (exact) mass is 275 g/mol. The average molecular weight is 275 g/mol. The Morgan fingerprint density at radius 3 is 2.50 bits per heavy atom. The van der Waals surface area contributed by atoms with Crippen molar-refractivity contribution < 1.29 is 4.79 Å². The summed E-state index contributed by atoms with van der Waals surface area (Å²) in [5, 5.41) is 6.20. The number of carbonyl (C=O) groups excluding carboxylic acids is 1. The topological polar surface area (TPSA) is 44.4 Å². The fraction of sp³-hybridized carbons (Fsp3) is 0.562. The first kappa shape index (κ1) is 14.9. The van der Waals surface area contributed by atoms with Crippen molar-refractivity contribution in [2.24, 2.45) is 0 Å². The Hall–Kier alpha value is -1.55. The molecule has 1 aliphatic carbocycles. The van der Waals surface area contributed by atoms with E-state index in [9.17, 15) is 4.79 Å². The molecule has 1 fully saturated rings. The number of anilines is 1. The number of carbonyl (C=O) groups is 1. The molecule has 110 valence electrons. The summed E-state index contributed by atoms with van der Waals surface area (Å²) in [5.74, 6) is 0. The molecule has 1 aromatic carbocycles. The number of hydrogen-bond donors (Lipinski definition) is 2. The van der Waals surface area contributed by atoms with Gasteiger partial charge in [0.1, 0.15) is 0 Å². The number of nitrogens with one attached hydrogen (secondary N) is 2. The standard InChI is InChI=1S/C16H25N3O/c1-4-11-19(15-9-10-15)16(20)18-14-7-5-13(6-8-14)12(2)17-3/h5-8,12,15,17H,4,9-11H2,1-3H3,(H,18,20). The molecule has 0 spiro atoms. The number of rotatable bonds is 6. The Balaban J connectivity index is 1.96. The molecule has 2 amide bonds. The predicted molar refractivity (Wildman–Crippen MR) is 83.0 cm³/mol. The minimum absolute atomic E-state index is 0.0313. The molecule has 1 aromatic rings. The summed E-state index contributed by atoms with van der Waals surface area (Å²) >= 11 is 0. The Kier molecular flexibility index (Phi) is 5.01. The highest BCUT2D eigenvalue weighted by atomic mass is 16.2. The third-order valence-electron chi connectivity index (χ3n) is 3.81. The second-order valence-corrected chi connectivity index (χ2v) is 5.49. The summed E-state index contributed by atoms with van der Waals surface area (Å²) in [4.78, 5) is 14.2. The van der Waals surface area contributed by atoms with E-state index in [1.807, 2.05) is 24.1 Å². The highest BCUT2D eigenvalue weighted by Gasteiger charge is 2.31. The van der Waals surface area contributed by atoms with E-state index >= 15 is 0 Å². The molecule has 2 N–H and O–H groups in total. The summed E-state index contributed by atoms with van der Waals surface area (Å²) in [6.45, 7) is 5.06. The highest BCUT2D eigenvalue weighted by molar-refractivity contribution is 5.89. The predicted octanol–water partition coefficient (Wildman–Crippen LogP) is 3.37. The van der Waals surface area contributed by atoms with Crippen LogP contribution in [0.2, 0.25) is 0 Å². The van der Waals surface area contributed by atoms with Gasteiger partial charge in [-0.2, -0.15) is 0 Å². The lowest BCUT2D eigenvalue weighted by Gasteiger charge is -2.22. The van der Waals surface area contributed by atoms with Crippen molar-refractivity contribution in [3.05, 3.63) is 29.8 Å². The summed E-state index contributed by atoms with van der Waals surface area (Å²) in [5.41, 5.74) is 2.09. The van der Waals surface area contributed by atoms with E-state index in [1.165, 1.54) is 5.56 Å². The Bertz CT molecular complexity index is 440. The third kappa shape index (κ3) is 3.73. The van der Waals surface area contributed by atoms with Crippen LogP contribution in [-0.4, -0.2) is 30.6 Å². The number of urea groups is 1. The SMILES string of the molecule is CCCN(C(=O)Nc1ccc(C(C)NC)cc1)C1CC1. The van der Waals surface area contributed by atoms with Gasteiger partial charge in [0.15, 0.2) is 0 Å². The van der Waals surface area contributed by atoms with Crippen LogP contribution in [0.3, 0.4) is 0 Å². The van der Waals surface area contributed by atoms with Crippen molar-refractivity contribution >= 4 is 11.7 Å². The minimum atomic E-state index is 0.0313. The van der Waals surface area contributed by atoms with Crippen LogP contribution in [0.25, 0.3) is 0 Å². The van der Waals surface area contributed by atoms with Crippen molar-refractivity contribution in [1.29, 1.82) is 0 Å². The second-order valence-electron chi connectivity index (χ2n) is 5.49. The Morgan fingerprint density at radius 2 is 2.00 bits per heavy atom. The molecular weight excluding hydrogens is 250 g/mol. The molecule has 0 aromatic heterocycles. The van der Waals surface area contributed by atoms with Crippen LogP contribution in [0.4, 0.5) is 10.5 Å². The number of hydrogen-bond acceptors (Lipinski definition) is 2. The van der Waals surface area contributed by atoms with Crippen LogP contribution >= 0.6 is 0 Å². The van der Waals surface area contributed by atoms with E-state index in [1.54, 1.807) is 0 Å². The molecule has 4 heteroatoms. The zero-order valence-corrected chi connectivity index (χ0v) is 12.6. The lowest BCUT2D eigenvalue weighted by molar-refractivity contribution is 0.209. The van der Waals surface area contributed by atoms with E-state index in [4.69, 9.17) is 0 Å². The van der Waals surface area contributed by atoms with Crippen molar-refractivity contribution in [2.75, 3.05) is 18.9 Å². The van der Waals surface area contributed by atoms with Crippen LogP contribution < -0.4 is 10.6 Å². The first-order chi connectivity index (χ1) is 9.65. The Labute approximate surface area is 121 Å². The summed E-state index contributed by atoms with van der Waals surface area (Å²) in [6.07, 6.45) is 3.29. The zero-order valence-electron chi connectivity index (χ0n) is 12.6. The molecule has 1 atom stereocenters.